The maximum absolute atomic E-state index is 12.5. The van der Waals surface area contributed by atoms with Crippen molar-refractivity contribution in [2.75, 3.05) is 17.2 Å². The lowest BCUT2D eigenvalue weighted by Gasteiger charge is -2.09. The summed E-state index contributed by atoms with van der Waals surface area (Å²) in [6, 6.07) is 21.1. The molecule has 4 aromatic rings. The summed E-state index contributed by atoms with van der Waals surface area (Å²) in [5.74, 6) is 0.201. The van der Waals surface area contributed by atoms with Gasteiger partial charge >= 0.3 is 5.97 Å². The maximum atomic E-state index is 12.5. The second-order valence-electron chi connectivity index (χ2n) is 7.04. The zero-order chi connectivity index (χ0) is 23.2. The van der Waals surface area contributed by atoms with Crippen LogP contribution in [0.3, 0.4) is 0 Å². The summed E-state index contributed by atoms with van der Waals surface area (Å²) >= 11 is 12.9. The molecule has 6 nitrogen and oxygen atoms in total. The minimum atomic E-state index is -0.395. The quantitative estimate of drug-likeness (QED) is 0.231. The van der Waals surface area contributed by atoms with Gasteiger partial charge in [0.1, 0.15) is 5.00 Å². The van der Waals surface area contributed by atoms with Crippen LogP contribution in [0.1, 0.15) is 22.8 Å². The number of carbonyl (C=O) groups is 1. The van der Waals surface area contributed by atoms with E-state index in [0.717, 1.165) is 16.0 Å². The standard InChI is InChI=1S/C24H21ClN4O2S2/c1-2-31-23(30)19-14-20(17-6-4-3-5-7-17)33-22(19)27-24(32)26-21-12-13-29(28-21)15-16-8-10-18(25)11-9-16/h3-14H,2,15H2,1H3,(H2,26,27,28,32). The molecule has 0 saturated heterocycles. The molecule has 0 saturated carbocycles. The molecule has 0 atom stereocenters. The molecule has 2 aromatic carbocycles. The van der Waals surface area contributed by atoms with Crippen molar-refractivity contribution < 1.29 is 9.53 Å². The minimum absolute atomic E-state index is 0.294. The highest BCUT2D eigenvalue weighted by atomic mass is 35.5. The van der Waals surface area contributed by atoms with E-state index >= 15 is 0 Å². The van der Waals surface area contributed by atoms with Gasteiger partial charge in [0, 0.05) is 22.2 Å². The number of carbonyl (C=O) groups excluding carboxylic acids is 1. The monoisotopic (exact) mass is 496 g/mol. The number of anilines is 2. The van der Waals surface area contributed by atoms with Crippen LogP contribution in [-0.4, -0.2) is 27.5 Å². The van der Waals surface area contributed by atoms with Crippen molar-refractivity contribution in [3.63, 3.8) is 0 Å². The Hall–Kier alpha value is -3.20. The molecule has 2 heterocycles. The Kier molecular flexibility index (Phi) is 7.39. The van der Waals surface area contributed by atoms with Crippen molar-refractivity contribution in [1.82, 2.24) is 9.78 Å². The number of rotatable bonds is 7. The lowest BCUT2D eigenvalue weighted by atomic mass is 10.1. The van der Waals surface area contributed by atoms with Gasteiger partial charge < -0.3 is 15.4 Å². The molecule has 0 radical (unpaired) electrons. The van der Waals surface area contributed by atoms with Gasteiger partial charge in [-0.1, -0.05) is 54.1 Å². The second kappa shape index (κ2) is 10.6. The fourth-order valence-electron chi connectivity index (χ4n) is 3.13. The van der Waals surface area contributed by atoms with Crippen LogP contribution in [-0.2, 0) is 11.3 Å². The average Bonchev–Trinajstić information content (AvgIpc) is 3.43. The SMILES string of the molecule is CCOC(=O)c1cc(-c2ccccc2)sc1NC(=S)Nc1ccn(Cc2ccc(Cl)cc2)n1. The predicted molar refractivity (Wildman–Crippen MR) is 138 cm³/mol. The first kappa shape index (κ1) is 23.0. The van der Waals surface area contributed by atoms with Gasteiger partial charge in [-0.2, -0.15) is 5.10 Å². The van der Waals surface area contributed by atoms with Crippen LogP contribution < -0.4 is 10.6 Å². The molecule has 0 bridgehead atoms. The van der Waals surface area contributed by atoms with Crippen molar-refractivity contribution in [2.24, 2.45) is 0 Å². The molecule has 168 valence electrons. The van der Waals surface area contributed by atoms with E-state index < -0.39 is 5.97 Å². The van der Waals surface area contributed by atoms with Crippen LogP contribution in [0.5, 0.6) is 0 Å². The molecule has 4 rings (SSSR count). The van der Waals surface area contributed by atoms with E-state index in [1.807, 2.05) is 72.9 Å². The Bertz CT molecular complexity index is 1250. The summed E-state index contributed by atoms with van der Waals surface area (Å²) in [5, 5.41) is 12.4. The van der Waals surface area contributed by atoms with Gasteiger partial charge in [-0.3, -0.25) is 4.68 Å². The lowest BCUT2D eigenvalue weighted by molar-refractivity contribution is 0.0528. The van der Waals surface area contributed by atoms with Crippen LogP contribution in [0, 0.1) is 0 Å². The summed E-state index contributed by atoms with van der Waals surface area (Å²) in [5.41, 5.74) is 2.54. The molecule has 0 unspecified atom stereocenters. The fraction of sp³-hybridized carbons (Fsp3) is 0.125. The summed E-state index contributed by atoms with van der Waals surface area (Å²) in [4.78, 5) is 13.4. The number of hydrogen-bond donors (Lipinski definition) is 2. The first-order chi connectivity index (χ1) is 16.0. The first-order valence-electron chi connectivity index (χ1n) is 10.2. The normalized spacial score (nSPS) is 10.6. The fourth-order valence-corrected chi connectivity index (χ4v) is 4.59. The molecule has 9 heteroatoms. The largest absolute Gasteiger partial charge is 0.462 e. The molecule has 2 N–H and O–H groups in total. The number of esters is 1. The zero-order valence-corrected chi connectivity index (χ0v) is 20.1. The Balaban J connectivity index is 1.46. The van der Waals surface area contributed by atoms with Crippen molar-refractivity contribution in [3.8, 4) is 10.4 Å². The summed E-state index contributed by atoms with van der Waals surface area (Å²) in [7, 11) is 0. The molecule has 0 aliphatic heterocycles. The first-order valence-corrected chi connectivity index (χ1v) is 11.8. The number of ether oxygens (including phenoxy) is 1. The summed E-state index contributed by atoms with van der Waals surface area (Å²) < 4.78 is 7.03. The number of nitrogens with one attached hydrogen (secondary N) is 2. The van der Waals surface area contributed by atoms with Crippen molar-refractivity contribution >= 4 is 57.1 Å². The van der Waals surface area contributed by atoms with Gasteiger partial charge in [0.15, 0.2) is 10.9 Å². The average molecular weight is 497 g/mol. The van der Waals surface area contributed by atoms with Gasteiger partial charge in [0.2, 0.25) is 0 Å². The highest BCUT2D eigenvalue weighted by Crippen LogP contribution is 2.36. The van der Waals surface area contributed by atoms with Gasteiger partial charge in [0.05, 0.1) is 18.7 Å². The summed E-state index contributed by atoms with van der Waals surface area (Å²) in [6.07, 6.45) is 1.86. The highest BCUT2D eigenvalue weighted by Gasteiger charge is 2.19. The summed E-state index contributed by atoms with van der Waals surface area (Å²) in [6.45, 7) is 2.68. The van der Waals surface area contributed by atoms with E-state index in [9.17, 15) is 4.79 Å². The second-order valence-corrected chi connectivity index (χ2v) is 8.94. The van der Waals surface area contributed by atoms with Crippen LogP contribution in [0.2, 0.25) is 5.02 Å². The number of thiocarbonyl (C=S) groups is 1. The van der Waals surface area contributed by atoms with E-state index in [2.05, 4.69) is 15.7 Å². The van der Waals surface area contributed by atoms with Crippen LogP contribution >= 0.6 is 35.2 Å². The van der Waals surface area contributed by atoms with Crippen LogP contribution in [0.25, 0.3) is 10.4 Å². The number of hydrogen-bond acceptors (Lipinski definition) is 5. The molecule has 0 amide bonds. The number of aromatic nitrogens is 2. The third kappa shape index (κ3) is 5.98. The van der Waals surface area contributed by atoms with E-state index in [1.165, 1.54) is 11.3 Å². The Morgan fingerprint density at radius 3 is 2.61 bits per heavy atom. The predicted octanol–water partition coefficient (Wildman–Crippen LogP) is 6.30. The topological polar surface area (TPSA) is 68.2 Å². The Morgan fingerprint density at radius 1 is 1.12 bits per heavy atom. The number of benzene rings is 2. The van der Waals surface area contributed by atoms with E-state index in [1.54, 1.807) is 11.6 Å². The molecule has 0 fully saturated rings. The molecular formula is C24H21ClN4O2S2. The minimum Gasteiger partial charge on any atom is -0.462 e. The highest BCUT2D eigenvalue weighted by molar-refractivity contribution is 7.80. The van der Waals surface area contributed by atoms with Gasteiger partial charge in [0.25, 0.3) is 0 Å². The Morgan fingerprint density at radius 2 is 1.88 bits per heavy atom. The number of halogens is 1. The third-order valence-electron chi connectivity index (χ3n) is 4.65. The Labute approximate surface area is 206 Å². The number of thiophene rings is 1. The van der Waals surface area contributed by atoms with E-state index in [0.29, 0.717) is 39.7 Å². The molecule has 2 aromatic heterocycles. The van der Waals surface area contributed by atoms with E-state index in [4.69, 9.17) is 28.6 Å². The maximum Gasteiger partial charge on any atom is 0.341 e. The smallest absolute Gasteiger partial charge is 0.341 e. The molecular weight excluding hydrogens is 476 g/mol. The number of nitrogens with zero attached hydrogens (tertiary/aromatic N) is 2. The van der Waals surface area contributed by atoms with Crippen molar-refractivity contribution in [2.45, 2.75) is 13.5 Å². The molecule has 0 aliphatic carbocycles. The molecule has 0 aliphatic rings. The van der Waals surface area contributed by atoms with Crippen molar-refractivity contribution in [3.05, 3.63) is 89.1 Å². The van der Waals surface area contributed by atoms with Crippen molar-refractivity contribution in [1.29, 1.82) is 0 Å². The lowest BCUT2D eigenvalue weighted by Crippen LogP contribution is -2.20. The van der Waals surface area contributed by atoms with Crippen LogP contribution in [0.15, 0.2) is 72.9 Å². The molecule has 0 spiro atoms. The van der Waals surface area contributed by atoms with E-state index in [-0.39, 0.29) is 0 Å². The third-order valence-corrected chi connectivity index (χ3v) is 6.21. The molecule has 33 heavy (non-hydrogen) atoms. The van der Waals surface area contributed by atoms with Crippen LogP contribution in [0.4, 0.5) is 10.8 Å². The zero-order valence-electron chi connectivity index (χ0n) is 17.7. The van der Waals surface area contributed by atoms with Gasteiger partial charge in [-0.25, -0.2) is 4.79 Å². The van der Waals surface area contributed by atoms with Gasteiger partial charge in [-0.05, 0) is 48.5 Å². The van der Waals surface area contributed by atoms with Gasteiger partial charge in [-0.15, -0.1) is 11.3 Å².